The molecule has 1 aromatic rings. The minimum atomic E-state index is -0.391. The Morgan fingerprint density at radius 2 is 2.00 bits per heavy atom. The molecule has 1 saturated carbocycles. The summed E-state index contributed by atoms with van der Waals surface area (Å²) in [6.45, 7) is 1.77. The average molecular weight is 305 g/mol. The topological polar surface area (TPSA) is 80.3 Å². The number of methoxy groups -OCH3 is 1. The van der Waals surface area contributed by atoms with Gasteiger partial charge in [0.15, 0.2) is 0 Å². The molecule has 0 aliphatic heterocycles. The molecule has 2 rings (SSSR count). The van der Waals surface area contributed by atoms with Crippen molar-refractivity contribution in [3.8, 4) is 0 Å². The highest BCUT2D eigenvalue weighted by Gasteiger charge is 2.30. The highest BCUT2D eigenvalue weighted by atomic mass is 16.5. The van der Waals surface area contributed by atoms with Crippen LogP contribution in [0.3, 0.4) is 0 Å². The summed E-state index contributed by atoms with van der Waals surface area (Å²) in [5.74, 6) is 0.324. The molecule has 1 aliphatic carbocycles. The van der Waals surface area contributed by atoms with E-state index in [0.717, 1.165) is 25.7 Å². The van der Waals surface area contributed by atoms with Gasteiger partial charge in [0.25, 0.3) is 0 Å². The second kappa shape index (κ2) is 7.24. The number of hydrogen-bond donors (Lipinski definition) is 2. The summed E-state index contributed by atoms with van der Waals surface area (Å²) < 4.78 is 4.72. The van der Waals surface area contributed by atoms with E-state index in [9.17, 15) is 9.59 Å². The first-order valence-electron chi connectivity index (χ1n) is 7.61. The second-order valence-electron chi connectivity index (χ2n) is 5.58. The number of rotatable bonds is 4. The summed E-state index contributed by atoms with van der Waals surface area (Å²) in [4.78, 5) is 28.0. The molecular weight excluding hydrogens is 282 g/mol. The quantitative estimate of drug-likeness (QED) is 0.830. The summed E-state index contributed by atoms with van der Waals surface area (Å²) in [7, 11) is 3.02. The molecule has 1 heterocycles. The fourth-order valence-electron chi connectivity index (χ4n) is 2.96. The van der Waals surface area contributed by atoms with Gasteiger partial charge in [-0.25, -0.2) is 9.78 Å². The van der Waals surface area contributed by atoms with Crippen LogP contribution >= 0.6 is 0 Å². The first-order chi connectivity index (χ1) is 10.6. The summed E-state index contributed by atoms with van der Waals surface area (Å²) in [5, 5.41) is 6.08. The number of hydrogen-bond acceptors (Lipinski definition) is 5. The van der Waals surface area contributed by atoms with Gasteiger partial charge in [-0.2, -0.15) is 0 Å². The lowest BCUT2D eigenvalue weighted by molar-refractivity contribution is -0.125. The predicted octanol–water partition coefficient (Wildman–Crippen LogP) is 1.89. The standard InChI is InChI=1S/C16H23N3O3/c1-10-11(16(21)22-3)8-9-14(18-10)19-13-7-5-4-6-12(13)15(20)17-2/h8-9,12-13H,4-7H2,1-3H3,(H,17,20)(H,18,19). The largest absolute Gasteiger partial charge is 0.465 e. The monoisotopic (exact) mass is 305 g/mol. The van der Waals surface area contributed by atoms with E-state index in [0.29, 0.717) is 17.1 Å². The SMILES string of the molecule is CNC(=O)C1CCCCC1Nc1ccc(C(=O)OC)c(C)n1. The normalized spacial score (nSPS) is 21.0. The van der Waals surface area contributed by atoms with Gasteiger partial charge < -0.3 is 15.4 Å². The third kappa shape index (κ3) is 3.55. The molecule has 1 amide bonds. The molecule has 0 spiro atoms. The number of nitrogens with one attached hydrogen (secondary N) is 2. The Labute approximate surface area is 130 Å². The number of carbonyl (C=O) groups excluding carboxylic acids is 2. The van der Waals surface area contributed by atoms with Gasteiger partial charge in [0, 0.05) is 13.1 Å². The van der Waals surface area contributed by atoms with Crippen molar-refractivity contribution in [3.63, 3.8) is 0 Å². The Balaban J connectivity index is 2.13. The van der Waals surface area contributed by atoms with Crippen LogP contribution in [0.5, 0.6) is 0 Å². The predicted molar refractivity (Wildman–Crippen MR) is 83.7 cm³/mol. The van der Waals surface area contributed by atoms with Gasteiger partial charge in [-0.1, -0.05) is 12.8 Å². The molecule has 0 bridgehead atoms. The smallest absolute Gasteiger partial charge is 0.339 e. The van der Waals surface area contributed by atoms with Crippen molar-refractivity contribution in [3.05, 3.63) is 23.4 Å². The van der Waals surface area contributed by atoms with Crippen molar-refractivity contribution in [2.45, 2.75) is 38.6 Å². The van der Waals surface area contributed by atoms with Crippen molar-refractivity contribution < 1.29 is 14.3 Å². The van der Waals surface area contributed by atoms with Gasteiger partial charge in [0.1, 0.15) is 5.82 Å². The molecule has 2 atom stereocenters. The third-order valence-corrected chi connectivity index (χ3v) is 4.17. The van der Waals surface area contributed by atoms with E-state index in [2.05, 4.69) is 15.6 Å². The number of aromatic nitrogens is 1. The van der Waals surface area contributed by atoms with Crippen LogP contribution in [-0.2, 0) is 9.53 Å². The zero-order valence-electron chi connectivity index (χ0n) is 13.3. The van der Waals surface area contributed by atoms with E-state index in [-0.39, 0.29) is 17.9 Å². The molecule has 0 radical (unpaired) electrons. The Morgan fingerprint density at radius 3 is 2.64 bits per heavy atom. The Bertz CT molecular complexity index is 560. The number of aryl methyl sites for hydroxylation is 1. The van der Waals surface area contributed by atoms with E-state index in [1.165, 1.54) is 7.11 Å². The molecule has 0 saturated heterocycles. The van der Waals surface area contributed by atoms with Gasteiger partial charge in [-0.05, 0) is 31.9 Å². The molecule has 2 N–H and O–H groups in total. The van der Waals surface area contributed by atoms with E-state index >= 15 is 0 Å². The minimum Gasteiger partial charge on any atom is -0.465 e. The van der Waals surface area contributed by atoms with Crippen molar-refractivity contribution in [1.82, 2.24) is 10.3 Å². The van der Waals surface area contributed by atoms with Crippen molar-refractivity contribution >= 4 is 17.7 Å². The van der Waals surface area contributed by atoms with Crippen LogP contribution in [0, 0.1) is 12.8 Å². The molecule has 2 unspecified atom stereocenters. The first-order valence-corrected chi connectivity index (χ1v) is 7.61. The molecule has 1 aromatic heterocycles. The number of amides is 1. The average Bonchev–Trinajstić information content (AvgIpc) is 2.54. The number of ether oxygens (including phenoxy) is 1. The van der Waals surface area contributed by atoms with Crippen LogP contribution in [0.25, 0.3) is 0 Å². The van der Waals surface area contributed by atoms with Gasteiger partial charge in [-0.15, -0.1) is 0 Å². The molecule has 6 nitrogen and oxygen atoms in total. The lowest BCUT2D eigenvalue weighted by Gasteiger charge is -2.31. The van der Waals surface area contributed by atoms with Crippen LogP contribution in [-0.4, -0.2) is 37.1 Å². The van der Waals surface area contributed by atoms with Gasteiger partial charge in [0.2, 0.25) is 5.91 Å². The van der Waals surface area contributed by atoms with Crippen LogP contribution in [0.15, 0.2) is 12.1 Å². The maximum atomic E-state index is 12.0. The zero-order valence-corrected chi connectivity index (χ0v) is 13.3. The van der Waals surface area contributed by atoms with Crippen LogP contribution in [0.2, 0.25) is 0 Å². The van der Waals surface area contributed by atoms with Crippen molar-refractivity contribution in [2.75, 3.05) is 19.5 Å². The molecular formula is C16H23N3O3. The fourth-order valence-corrected chi connectivity index (χ4v) is 2.96. The molecule has 1 aliphatic rings. The van der Waals surface area contributed by atoms with Gasteiger partial charge >= 0.3 is 5.97 Å². The maximum Gasteiger partial charge on any atom is 0.339 e. The Kier molecular flexibility index (Phi) is 5.35. The number of nitrogens with zero attached hydrogens (tertiary/aromatic N) is 1. The van der Waals surface area contributed by atoms with E-state index in [1.54, 1.807) is 26.1 Å². The molecule has 22 heavy (non-hydrogen) atoms. The van der Waals surface area contributed by atoms with Gasteiger partial charge in [0.05, 0.1) is 24.3 Å². The summed E-state index contributed by atoms with van der Waals surface area (Å²) >= 11 is 0. The summed E-state index contributed by atoms with van der Waals surface area (Å²) in [6.07, 6.45) is 4.00. The second-order valence-corrected chi connectivity index (χ2v) is 5.58. The van der Waals surface area contributed by atoms with Crippen LogP contribution in [0.4, 0.5) is 5.82 Å². The fraction of sp³-hybridized carbons (Fsp3) is 0.562. The van der Waals surface area contributed by atoms with Crippen molar-refractivity contribution in [2.24, 2.45) is 5.92 Å². The van der Waals surface area contributed by atoms with Crippen LogP contribution in [0.1, 0.15) is 41.7 Å². The summed E-state index contributed by atoms with van der Waals surface area (Å²) in [5.41, 5.74) is 1.07. The first kappa shape index (κ1) is 16.3. The maximum absolute atomic E-state index is 12.0. The number of anilines is 1. The molecule has 120 valence electrons. The lowest BCUT2D eigenvalue weighted by atomic mass is 9.84. The highest BCUT2D eigenvalue weighted by Crippen LogP contribution is 2.27. The van der Waals surface area contributed by atoms with E-state index in [1.807, 2.05) is 0 Å². The lowest BCUT2D eigenvalue weighted by Crippen LogP contribution is -2.42. The number of pyridine rings is 1. The Hall–Kier alpha value is -2.11. The zero-order chi connectivity index (χ0) is 16.1. The van der Waals surface area contributed by atoms with Crippen molar-refractivity contribution in [1.29, 1.82) is 0 Å². The summed E-state index contributed by atoms with van der Waals surface area (Å²) in [6, 6.07) is 3.53. The van der Waals surface area contributed by atoms with Gasteiger partial charge in [-0.3, -0.25) is 4.79 Å². The van der Waals surface area contributed by atoms with E-state index in [4.69, 9.17) is 4.74 Å². The third-order valence-electron chi connectivity index (χ3n) is 4.17. The Morgan fingerprint density at radius 1 is 1.27 bits per heavy atom. The molecule has 6 heteroatoms. The minimum absolute atomic E-state index is 0.0406. The van der Waals surface area contributed by atoms with E-state index < -0.39 is 5.97 Å². The van der Waals surface area contributed by atoms with Crippen LogP contribution < -0.4 is 10.6 Å². The molecule has 1 fully saturated rings. The number of esters is 1. The highest BCUT2D eigenvalue weighted by molar-refractivity contribution is 5.90. The molecule has 0 aromatic carbocycles. The number of carbonyl (C=O) groups is 2.